The molecule has 0 saturated heterocycles. The SMILES string of the molecule is Cc1cccnc1-c1[c-]cccc1.[I][V]([I])[I]. The molecule has 2 aromatic rings. The molecule has 0 unspecified atom stereocenters. The maximum absolute atomic E-state index is 4.32. The van der Waals surface area contributed by atoms with E-state index in [1.54, 1.807) is 0 Å². The minimum atomic E-state index is -0.278. The Bertz CT molecular complexity index is 446. The van der Waals surface area contributed by atoms with Gasteiger partial charge in [0.1, 0.15) is 0 Å². The Kier molecular flexibility index (Phi) is 8.68. The molecule has 90 valence electrons. The second-order valence-electron chi connectivity index (χ2n) is 3.14. The summed E-state index contributed by atoms with van der Waals surface area (Å²) < 4.78 is 0. The number of benzene rings is 1. The van der Waals surface area contributed by atoms with Crippen LogP contribution in [0.1, 0.15) is 5.56 Å². The summed E-state index contributed by atoms with van der Waals surface area (Å²) in [5, 5.41) is 0. The fourth-order valence-electron chi connectivity index (χ4n) is 1.31. The molecule has 5 heteroatoms. The van der Waals surface area contributed by atoms with E-state index >= 15 is 0 Å². The zero-order valence-electron chi connectivity index (χ0n) is 9.07. The summed E-state index contributed by atoms with van der Waals surface area (Å²) in [7, 11) is 0. The van der Waals surface area contributed by atoms with E-state index in [0.717, 1.165) is 11.3 Å². The van der Waals surface area contributed by atoms with Crippen LogP contribution in [0.4, 0.5) is 0 Å². The Hall–Kier alpha value is 1.14. The van der Waals surface area contributed by atoms with E-state index in [9.17, 15) is 0 Å². The van der Waals surface area contributed by atoms with Crippen molar-refractivity contribution >= 4 is 59.9 Å². The molecule has 17 heavy (non-hydrogen) atoms. The van der Waals surface area contributed by atoms with Crippen LogP contribution in [0.3, 0.4) is 0 Å². The first-order valence-electron chi connectivity index (χ1n) is 4.77. The van der Waals surface area contributed by atoms with Crippen molar-refractivity contribution in [2.45, 2.75) is 6.92 Å². The van der Waals surface area contributed by atoms with Crippen LogP contribution in [0.2, 0.25) is 0 Å². The molecule has 0 fully saturated rings. The van der Waals surface area contributed by atoms with Gasteiger partial charge in [-0.25, -0.2) is 0 Å². The van der Waals surface area contributed by atoms with E-state index in [4.69, 9.17) is 0 Å². The standard InChI is InChI=1S/C12H10N.3HI.V/c1-10-6-5-9-13-12(10)11-7-3-2-4-8-11;;;;/h2-7,9H,1H3;3*1H;/q-1;;;;+3/p-3. The summed E-state index contributed by atoms with van der Waals surface area (Å²) in [6.45, 7) is 2.06. The molecule has 0 bridgehead atoms. The predicted octanol–water partition coefficient (Wildman–Crippen LogP) is 5.51. The number of halogens is 3. The van der Waals surface area contributed by atoms with Gasteiger partial charge in [0.2, 0.25) is 0 Å². The molecule has 0 atom stereocenters. The van der Waals surface area contributed by atoms with Crippen molar-refractivity contribution in [3.63, 3.8) is 0 Å². The van der Waals surface area contributed by atoms with Crippen LogP contribution in [0.5, 0.6) is 0 Å². The van der Waals surface area contributed by atoms with Crippen LogP contribution >= 0.6 is 59.9 Å². The van der Waals surface area contributed by atoms with Gasteiger partial charge in [-0.05, 0) is 18.7 Å². The molecule has 0 N–H and O–H groups in total. The Morgan fingerprint density at radius 1 is 1.12 bits per heavy atom. The molecule has 0 amide bonds. The van der Waals surface area contributed by atoms with Crippen molar-refractivity contribution in [2.24, 2.45) is 0 Å². The molecule has 0 aliphatic carbocycles. The van der Waals surface area contributed by atoms with E-state index in [-0.39, 0.29) is 4.92 Å². The first-order chi connectivity index (χ1) is 8.11. The number of hydrogen-bond donors (Lipinski definition) is 0. The number of rotatable bonds is 1. The van der Waals surface area contributed by atoms with Gasteiger partial charge in [0.25, 0.3) is 0 Å². The van der Waals surface area contributed by atoms with Gasteiger partial charge in [-0.3, -0.25) is 0 Å². The Balaban J connectivity index is 0.000000317. The van der Waals surface area contributed by atoms with Gasteiger partial charge in [-0.2, -0.15) is 0 Å². The van der Waals surface area contributed by atoms with Crippen molar-refractivity contribution in [3.05, 3.63) is 54.2 Å². The van der Waals surface area contributed by atoms with Crippen LogP contribution in [0, 0.1) is 13.0 Å². The quantitative estimate of drug-likeness (QED) is 0.311. The van der Waals surface area contributed by atoms with Gasteiger partial charge >= 0.3 is 64.9 Å². The molecule has 0 spiro atoms. The third-order valence-electron chi connectivity index (χ3n) is 1.97. The molecule has 0 radical (unpaired) electrons. The summed E-state index contributed by atoms with van der Waals surface area (Å²) in [6, 6.07) is 15.1. The fourth-order valence-corrected chi connectivity index (χ4v) is 1.31. The molecule has 0 saturated carbocycles. The van der Waals surface area contributed by atoms with Gasteiger partial charge in [-0.1, -0.05) is 11.6 Å². The normalized spacial score (nSPS) is 9.71. The third-order valence-corrected chi connectivity index (χ3v) is 1.97. The summed E-state index contributed by atoms with van der Waals surface area (Å²) in [5.74, 6) is 0. The zero-order valence-corrected chi connectivity index (χ0v) is 16.9. The van der Waals surface area contributed by atoms with Gasteiger partial charge in [0.05, 0.1) is 0 Å². The van der Waals surface area contributed by atoms with Crippen molar-refractivity contribution < 1.29 is 4.92 Å². The zero-order chi connectivity index (χ0) is 12.7. The van der Waals surface area contributed by atoms with Crippen molar-refractivity contribution in [1.82, 2.24) is 4.98 Å². The van der Waals surface area contributed by atoms with Crippen molar-refractivity contribution in [3.8, 4) is 11.3 Å². The summed E-state index contributed by atoms with van der Waals surface area (Å²) in [6.07, 6.45) is 1.81. The van der Waals surface area contributed by atoms with E-state index in [1.807, 2.05) is 36.5 Å². The van der Waals surface area contributed by atoms with E-state index < -0.39 is 0 Å². The number of pyridine rings is 1. The second kappa shape index (κ2) is 9.11. The van der Waals surface area contributed by atoms with Crippen LogP contribution in [-0.4, -0.2) is 4.98 Å². The van der Waals surface area contributed by atoms with Crippen LogP contribution in [0.15, 0.2) is 42.6 Å². The third kappa shape index (κ3) is 6.75. The Labute approximate surface area is 140 Å². The molecular weight excluding hydrogens is 590 g/mol. The molecule has 1 aromatic heterocycles. The Morgan fingerprint density at radius 2 is 1.82 bits per heavy atom. The average molecular weight is 600 g/mol. The number of hydrogen-bond acceptors (Lipinski definition) is 1. The van der Waals surface area contributed by atoms with Gasteiger partial charge in [0, 0.05) is 6.20 Å². The fraction of sp³-hybridized carbons (Fsp3) is 0.0833. The van der Waals surface area contributed by atoms with E-state index in [0.29, 0.717) is 0 Å². The molecular formula is C12H10I3NV-. The number of nitrogens with zero attached hydrogens (tertiary/aromatic N) is 1. The topological polar surface area (TPSA) is 12.9 Å². The summed E-state index contributed by atoms with van der Waals surface area (Å²) in [4.78, 5) is 4.04. The molecule has 1 aromatic carbocycles. The van der Waals surface area contributed by atoms with Crippen molar-refractivity contribution in [1.29, 1.82) is 0 Å². The minimum absolute atomic E-state index is 0.278. The molecule has 1 heterocycles. The van der Waals surface area contributed by atoms with Crippen LogP contribution in [0.25, 0.3) is 11.3 Å². The monoisotopic (exact) mass is 600 g/mol. The number of aryl methyl sites for hydroxylation is 1. The molecule has 0 aliphatic heterocycles. The molecule has 0 aliphatic rings. The summed E-state index contributed by atoms with van der Waals surface area (Å²) >= 11 is 7.39. The maximum atomic E-state index is 4.32. The van der Waals surface area contributed by atoms with E-state index in [2.05, 4.69) is 84.0 Å². The van der Waals surface area contributed by atoms with Crippen LogP contribution in [-0.2, 0) is 4.92 Å². The molecule has 1 nitrogen and oxygen atoms in total. The average Bonchev–Trinajstić information content (AvgIpc) is 2.30. The number of aromatic nitrogens is 1. The Morgan fingerprint density at radius 3 is 2.35 bits per heavy atom. The second-order valence-corrected chi connectivity index (χ2v) is 38.5. The van der Waals surface area contributed by atoms with Gasteiger partial charge in [0.15, 0.2) is 0 Å². The van der Waals surface area contributed by atoms with Crippen molar-refractivity contribution in [2.75, 3.05) is 0 Å². The molecule has 2 rings (SSSR count). The van der Waals surface area contributed by atoms with Gasteiger partial charge < -0.3 is 4.98 Å². The van der Waals surface area contributed by atoms with Crippen LogP contribution < -0.4 is 0 Å². The van der Waals surface area contributed by atoms with Gasteiger partial charge in [-0.15, -0.1) is 35.9 Å². The first-order valence-corrected chi connectivity index (χ1v) is 18.3. The summed E-state index contributed by atoms with van der Waals surface area (Å²) in [5.41, 5.74) is 3.26. The first kappa shape index (κ1) is 16.2. The van der Waals surface area contributed by atoms with E-state index in [1.165, 1.54) is 5.56 Å². The predicted molar refractivity (Wildman–Crippen MR) is 95.3 cm³/mol.